The molecule has 1 aliphatic carbocycles. The molecule has 0 bridgehead atoms. The molecule has 2 aromatic rings. The van der Waals surface area contributed by atoms with E-state index in [0.717, 1.165) is 91.6 Å². The highest BCUT2D eigenvalue weighted by Gasteiger charge is 2.26. The van der Waals surface area contributed by atoms with E-state index in [1.165, 1.54) is 5.56 Å². The molecule has 176 valence electrons. The van der Waals surface area contributed by atoms with Crippen LogP contribution in [-0.2, 0) is 11.2 Å². The largest absolute Gasteiger partial charge is 0.493 e. The minimum atomic E-state index is -0.178. The molecule has 1 unspecified atom stereocenters. The van der Waals surface area contributed by atoms with Gasteiger partial charge in [0.1, 0.15) is 5.75 Å². The highest BCUT2D eigenvalue weighted by Crippen LogP contribution is 2.29. The fourth-order valence-corrected chi connectivity index (χ4v) is 5.46. The number of carbonyl (C=O) groups excluding carboxylic acids is 1. The molecule has 4 heterocycles. The van der Waals surface area contributed by atoms with Crippen molar-refractivity contribution in [1.82, 2.24) is 20.4 Å². The maximum atomic E-state index is 13.2. The van der Waals surface area contributed by atoms with Crippen LogP contribution in [0.2, 0.25) is 0 Å². The fraction of sp³-hybridized carbons (Fsp3) is 0.444. The smallest absolute Gasteiger partial charge is 0.227 e. The highest BCUT2D eigenvalue weighted by atomic mass is 16.5. The number of rotatable bonds is 5. The zero-order valence-electron chi connectivity index (χ0n) is 19.4. The molecule has 0 radical (unpaired) electrons. The summed E-state index contributed by atoms with van der Waals surface area (Å²) in [6, 6.07) is 6.43. The van der Waals surface area contributed by atoms with Crippen LogP contribution in [0, 0.1) is 5.92 Å². The molecule has 2 atom stereocenters. The molecule has 6 rings (SSSR count). The van der Waals surface area contributed by atoms with Crippen molar-refractivity contribution in [3.8, 4) is 17.0 Å². The Morgan fingerprint density at radius 2 is 2.24 bits per heavy atom. The second-order valence-electron chi connectivity index (χ2n) is 9.70. The van der Waals surface area contributed by atoms with Crippen LogP contribution in [0.3, 0.4) is 0 Å². The lowest BCUT2D eigenvalue weighted by molar-refractivity contribution is -0.124. The number of amides is 1. The van der Waals surface area contributed by atoms with Crippen molar-refractivity contribution in [1.29, 1.82) is 0 Å². The van der Waals surface area contributed by atoms with E-state index in [0.29, 0.717) is 6.42 Å². The number of aliphatic imine (C=N–C) groups is 1. The van der Waals surface area contributed by atoms with Crippen LogP contribution in [-0.4, -0.2) is 59.5 Å². The second-order valence-corrected chi connectivity index (χ2v) is 9.70. The SMILES string of the molecule is O=C(N[C@@H]1CCCN(CC2=CCCC=N2)C1)C1C=c2c(-c3ccc4c(c3)CCO4)n[nH]c2=CC1. The van der Waals surface area contributed by atoms with Crippen molar-refractivity contribution >= 4 is 24.3 Å². The van der Waals surface area contributed by atoms with Crippen molar-refractivity contribution in [2.24, 2.45) is 10.9 Å². The van der Waals surface area contributed by atoms with E-state index in [-0.39, 0.29) is 17.9 Å². The van der Waals surface area contributed by atoms with Crippen LogP contribution in [0.4, 0.5) is 0 Å². The minimum absolute atomic E-state index is 0.109. The molecule has 0 spiro atoms. The molecule has 7 nitrogen and oxygen atoms in total. The zero-order valence-corrected chi connectivity index (χ0v) is 19.4. The number of fused-ring (bicyclic) bond motifs is 2. The molecule has 1 amide bonds. The summed E-state index contributed by atoms with van der Waals surface area (Å²) in [6.07, 6.45) is 14.3. The quantitative estimate of drug-likeness (QED) is 0.719. The van der Waals surface area contributed by atoms with Crippen LogP contribution in [0.25, 0.3) is 23.4 Å². The van der Waals surface area contributed by atoms with Crippen LogP contribution in [0.5, 0.6) is 5.75 Å². The summed E-state index contributed by atoms with van der Waals surface area (Å²) in [5.41, 5.74) is 4.35. The highest BCUT2D eigenvalue weighted by molar-refractivity contribution is 5.86. The number of nitrogens with one attached hydrogen (secondary N) is 2. The molecule has 2 N–H and O–H groups in total. The predicted molar refractivity (Wildman–Crippen MR) is 133 cm³/mol. The van der Waals surface area contributed by atoms with Crippen molar-refractivity contribution in [3.63, 3.8) is 0 Å². The Labute approximate surface area is 199 Å². The first-order chi connectivity index (χ1) is 16.7. The third-order valence-corrected chi connectivity index (χ3v) is 7.25. The summed E-state index contributed by atoms with van der Waals surface area (Å²) in [5, 5.41) is 13.1. The number of aromatic amines is 1. The van der Waals surface area contributed by atoms with Crippen LogP contribution >= 0.6 is 0 Å². The summed E-state index contributed by atoms with van der Waals surface area (Å²) in [4.78, 5) is 20.2. The van der Waals surface area contributed by atoms with E-state index in [2.05, 4.69) is 55.8 Å². The number of hydrogen-bond donors (Lipinski definition) is 2. The van der Waals surface area contributed by atoms with E-state index < -0.39 is 0 Å². The molecule has 0 saturated carbocycles. The van der Waals surface area contributed by atoms with E-state index in [1.807, 2.05) is 12.3 Å². The van der Waals surface area contributed by atoms with Gasteiger partial charge in [-0.3, -0.25) is 19.8 Å². The minimum Gasteiger partial charge on any atom is -0.493 e. The van der Waals surface area contributed by atoms with Gasteiger partial charge in [-0.15, -0.1) is 0 Å². The van der Waals surface area contributed by atoms with Crippen molar-refractivity contribution in [2.45, 2.75) is 44.6 Å². The Kier molecular flexibility index (Phi) is 5.79. The van der Waals surface area contributed by atoms with Gasteiger partial charge in [-0.2, -0.15) is 5.10 Å². The molecule has 7 heteroatoms. The summed E-state index contributed by atoms with van der Waals surface area (Å²) >= 11 is 0. The van der Waals surface area contributed by atoms with Gasteiger partial charge in [0, 0.05) is 48.2 Å². The maximum Gasteiger partial charge on any atom is 0.227 e. The number of likely N-dealkylation sites (tertiary alicyclic amines) is 1. The molecule has 1 saturated heterocycles. The van der Waals surface area contributed by atoms with Crippen LogP contribution in [0.15, 0.2) is 35.0 Å². The van der Waals surface area contributed by atoms with Gasteiger partial charge in [-0.25, -0.2) is 0 Å². The topological polar surface area (TPSA) is 82.6 Å². The molecule has 1 fully saturated rings. The third-order valence-electron chi connectivity index (χ3n) is 7.25. The Morgan fingerprint density at radius 3 is 3.15 bits per heavy atom. The van der Waals surface area contributed by atoms with Gasteiger partial charge in [0.15, 0.2) is 0 Å². The Morgan fingerprint density at radius 1 is 1.26 bits per heavy atom. The number of piperidine rings is 1. The van der Waals surface area contributed by atoms with E-state index in [1.54, 1.807) is 0 Å². The van der Waals surface area contributed by atoms with Crippen LogP contribution in [0.1, 0.15) is 37.7 Å². The first-order valence-corrected chi connectivity index (χ1v) is 12.5. The third kappa shape index (κ3) is 4.32. The van der Waals surface area contributed by atoms with Crippen molar-refractivity contribution in [2.75, 3.05) is 26.2 Å². The lowest BCUT2D eigenvalue weighted by Crippen LogP contribution is -2.49. The molecule has 4 aliphatic rings. The fourth-order valence-electron chi connectivity index (χ4n) is 5.46. The standard InChI is InChI=1S/C27H31N5O2/c33-27(29-22-5-3-12-32(17-22)16-21-4-1-2-11-28-21)20-6-8-24-23(15-20)26(31-30-24)19-7-9-25-18(14-19)10-13-34-25/h4,7-9,11,14-15,20,22,30H,1-3,5-6,10,12-13,16-17H2,(H,29,33)/t20?,22-/m1/s1. The first-order valence-electron chi connectivity index (χ1n) is 12.5. The molecular formula is C27H31N5O2. The average molecular weight is 458 g/mol. The number of carbonyl (C=O) groups is 1. The van der Waals surface area contributed by atoms with Gasteiger partial charge in [-0.1, -0.05) is 18.2 Å². The Balaban J connectivity index is 1.15. The molecular weight excluding hydrogens is 426 g/mol. The van der Waals surface area contributed by atoms with Gasteiger partial charge in [0.25, 0.3) is 0 Å². The van der Waals surface area contributed by atoms with Gasteiger partial charge in [0.2, 0.25) is 5.91 Å². The number of allylic oxidation sites excluding steroid dienone is 1. The van der Waals surface area contributed by atoms with Gasteiger partial charge in [-0.05, 0) is 62.4 Å². The Hall–Kier alpha value is -3.19. The molecule has 3 aliphatic heterocycles. The number of nitrogens with zero attached hydrogens (tertiary/aromatic N) is 3. The number of ether oxygens (including phenoxy) is 1. The van der Waals surface area contributed by atoms with Gasteiger partial charge in [0.05, 0.1) is 23.6 Å². The van der Waals surface area contributed by atoms with Crippen LogP contribution < -0.4 is 20.6 Å². The van der Waals surface area contributed by atoms with Gasteiger partial charge >= 0.3 is 0 Å². The zero-order chi connectivity index (χ0) is 22.9. The summed E-state index contributed by atoms with van der Waals surface area (Å²) in [6.45, 7) is 3.56. The van der Waals surface area contributed by atoms with Gasteiger partial charge < -0.3 is 10.1 Å². The first kappa shape index (κ1) is 21.4. The van der Waals surface area contributed by atoms with E-state index in [4.69, 9.17) is 4.74 Å². The van der Waals surface area contributed by atoms with E-state index in [9.17, 15) is 4.79 Å². The number of benzene rings is 1. The number of H-pyrrole nitrogens is 1. The lowest BCUT2D eigenvalue weighted by Gasteiger charge is -2.34. The monoisotopic (exact) mass is 457 g/mol. The van der Waals surface area contributed by atoms with E-state index >= 15 is 0 Å². The predicted octanol–water partition coefficient (Wildman–Crippen LogP) is 1.92. The average Bonchev–Trinajstić information content (AvgIpc) is 3.51. The normalized spacial score (nSPS) is 23.7. The molecule has 1 aromatic heterocycles. The number of hydrogen-bond acceptors (Lipinski definition) is 5. The lowest BCUT2D eigenvalue weighted by atomic mass is 9.95. The van der Waals surface area contributed by atoms with Crippen molar-refractivity contribution < 1.29 is 9.53 Å². The number of aromatic nitrogens is 2. The Bertz CT molecular complexity index is 1270. The molecule has 1 aromatic carbocycles. The maximum absolute atomic E-state index is 13.2. The summed E-state index contributed by atoms with van der Waals surface area (Å²) < 4.78 is 5.65. The van der Waals surface area contributed by atoms with Crippen molar-refractivity contribution in [3.05, 3.63) is 46.1 Å². The second kappa shape index (κ2) is 9.22. The summed E-state index contributed by atoms with van der Waals surface area (Å²) in [5.74, 6) is 0.898. The summed E-state index contributed by atoms with van der Waals surface area (Å²) in [7, 11) is 0. The molecule has 34 heavy (non-hydrogen) atoms.